The number of rotatable bonds is 4. The van der Waals surface area contributed by atoms with E-state index in [4.69, 9.17) is 0 Å². The van der Waals surface area contributed by atoms with E-state index >= 15 is 0 Å². The molecule has 5 heteroatoms. The molecule has 0 aliphatic carbocycles. The second-order valence-corrected chi connectivity index (χ2v) is 5.66. The van der Waals surface area contributed by atoms with Crippen LogP contribution in [0.1, 0.15) is 38.3 Å². The van der Waals surface area contributed by atoms with E-state index in [2.05, 4.69) is 0 Å². The Kier molecular flexibility index (Phi) is 5.16. The van der Waals surface area contributed by atoms with Crippen molar-refractivity contribution < 1.29 is 14.0 Å². The van der Waals surface area contributed by atoms with E-state index < -0.39 is 6.04 Å². The Bertz CT molecular complexity index is 557. The number of carbonyl (C=O) groups excluding carboxylic acids is 2. The number of nitrogens with zero attached hydrogens (tertiary/aromatic N) is 2. The number of halogens is 1. The third-order valence-electron chi connectivity index (χ3n) is 4.44. The first-order chi connectivity index (χ1) is 10.5. The Hall–Kier alpha value is -1.91. The molecule has 0 aromatic heterocycles. The summed E-state index contributed by atoms with van der Waals surface area (Å²) in [6.07, 6.45) is 0.875. The van der Waals surface area contributed by atoms with E-state index in [-0.39, 0.29) is 23.5 Å². The summed E-state index contributed by atoms with van der Waals surface area (Å²) < 4.78 is 13.6. The maximum atomic E-state index is 13.6. The van der Waals surface area contributed by atoms with Crippen LogP contribution >= 0.6 is 0 Å². The van der Waals surface area contributed by atoms with Crippen LogP contribution in [0.15, 0.2) is 24.3 Å². The molecule has 0 saturated carbocycles. The minimum absolute atomic E-state index is 0.00198. The van der Waals surface area contributed by atoms with Gasteiger partial charge >= 0.3 is 0 Å². The zero-order valence-corrected chi connectivity index (χ0v) is 13.4. The summed E-state index contributed by atoms with van der Waals surface area (Å²) in [7, 11) is 1.69. The summed E-state index contributed by atoms with van der Waals surface area (Å²) in [6.45, 7) is 5.16. The molecule has 2 atom stereocenters. The Morgan fingerprint density at radius 1 is 1.36 bits per heavy atom. The summed E-state index contributed by atoms with van der Waals surface area (Å²) in [5.41, 5.74) is 0.682. The average Bonchev–Trinajstić information content (AvgIpc) is 2.50. The number of carbonyl (C=O) groups is 2. The summed E-state index contributed by atoms with van der Waals surface area (Å²) in [4.78, 5) is 28.2. The van der Waals surface area contributed by atoms with Gasteiger partial charge in [-0.3, -0.25) is 9.59 Å². The first-order valence-corrected chi connectivity index (χ1v) is 7.79. The third kappa shape index (κ3) is 3.13. The molecule has 0 spiro atoms. The summed E-state index contributed by atoms with van der Waals surface area (Å²) in [6, 6.07) is 5.80. The highest BCUT2D eigenvalue weighted by atomic mass is 19.1. The van der Waals surface area contributed by atoms with Gasteiger partial charge in [-0.05, 0) is 38.0 Å². The zero-order valence-electron chi connectivity index (χ0n) is 13.4. The van der Waals surface area contributed by atoms with Crippen molar-refractivity contribution in [3.8, 4) is 0 Å². The fourth-order valence-corrected chi connectivity index (χ4v) is 3.21. The van der Waals surface area contributed by atoms with Crippen LogP contribution in [0.3, 0.4) is 0 Å². The van der Waals surface area contributed by atoms with Gasteiger partial charge in [0.25, 0.3) is 0 Å². The maximum Gasteiger partial charge on any atom is 0.228 e. The van der Waals surface area contributed by atoms with Crippen molar-refractivity contribution >= 4 is 11.8 Å². The minimum atomic E-state index is -0.398. The highest BCUT2D eigenvalue weighted by molar-refractivity contribution is 5.85. The van der Waals surface area contributed by atoms with Crippen LogP contribution < -0.4 is 0 Å². The molecule has 1 saturated heterocycles. The number of hydrogen-bond donors (Lipinski definition) is 0. The van der Waals surface area contributed by atoms with Crippen LogP contribution in [-0.2, 0) is 9.59 Å². The number of hydrogen-bond acceptors (Lipinski definition) is 2. The van der Waals surface area contributed by atoms with E-state index in [1.165, 1.54) is 12.1 Å². The Balaban J connectivity index is 2.38. The molecule has 0 bridgehead atoms. The molecule has 1 aliphatic rings. The first kappa shape index (κ1) is 16.5. The Morgan fingerprint density at radius 3 is 2.64 bits per heavy atom. The molecule has 120 valence electrons. The number of amides is 2. The van der Waals surface area contributed by atoms with Crippen LogP contribution in [0.2, 0.25) is 0 Å². The fraction of sp³-hybridized carbons (Fsp3) is 0.529. The normalized spacial score (nSPS) is 21.8. The summed E-state index contributed by atoms with van der Waals surface area (Å²) in [5.74, 6) is -0.626. The second kappa shape index (κ2) is 6.90. The largest absolute Gasteiger partial charge is 0.343 e. The lowest BCUT2D eigenvalue weighted by atomic mass is 9.83. The van der Waals surface area contributed by atoms with Crippen LogP contribution in [0, 0.1) is 11.7 Å². The molecule has 1 aliphatic heterocycles. The highest BCUT2D eigenvalue weighted by Gasteiger charge is 2.40. The number of likely N-dealkylation sites (tertiary alicyclic amines) is 1. The zero-order chi connectivity index (χ0) is 16.3. The van der Waals surface area contributed by atoms with Crippen molar-refractivity contribution in [2.45, 2.75) is 32.7 Å². The molecular weight excluding hydrogens is 283 g/mol. The molecule has 2 amide bonds. The van der Waals surface area contributed by atoms with E-state index in [0.717, 1.165) is 0 Å². The van der Waals surface area contributed by atoms with Crippen LogP contribution in [-0.4, -0.2) is 41.8 Å². The first-order valence-electron chi connectivity index (χ1n) is 7.79. The second-order valence-electron chi connectivity index (χ2n) is 5.66. The molecule has 0 unspecified atom stereocenters. The summed E-state index contributed by atoms with van der Waals surface area (Å²) in [5, 5.41) is 0. The van der Waals surface area contributed by atoms with Crippen molar-refractivity contribution in [2.24, 2.45) is 5.92 Å². The van der Waals surface area contributed by atoms with Gasteiger partial charge in [0.05, 0.1) is 12.0 Å². The topological polar surface area (TPSA) is 40.6 Å². The molecule has 1 aromatic rings. The maximum absolute atomic E-state index is 13.6. The fourth-order valence-electron chi connectivity index (χ4n) is 3.21. The molecule has 0 radical (unpaired) electrons. The van der Waals surface area contributed by atoms with Crippen molar-refractivity contribution in [1.82, 2.24) is 9.80 Å². The van der Waals surface area contributed by atoms with Crippen molar-refractivity contribution in [3.63, 3.8) is 0 Å². The third-order valence-corrected chi connectivity index (χ3v) is 4.44. The van der Waals surface area contributed by atoms with Gasteiger partial charge in [-0.2, -0.15) is 0 Å². The number of piperidine rings is 1. The molecule has 2 rings (SSSR count). The van der Waals surface area contributed by atoms with Gasteiger partial charge in [0.15, 0.2) is 0 Å². The van der Waals surface area contributed by atoms with Crippen molar-refractivity contribution in [2.75, 3.05) is 20.1 Å². The van der Waals surface area contributed by atoms with Gasteiger partial charge < -0.3 is 9.80 Å². The monoisotopic (exact) mass is 306 g/mol. The van der Waals surface area contributed by atoms with Gasteiger partial charge in [0, 0.05) is 26.6 Å². The predicted octanol–water partition coefficient (Wildman–Crippen LogP) is 2.60. The highest BCUT2D eigenvalue weighted by Crippen LogP contribution is 2.37. The van der Waals surface area contributed by atoms with Crippen molar-refractivity contribution in [1.29, 1.82) is 0 Å². The van der Waals surface area contributed by atoms with E-state index in [0.29, 0.717) is 31.5 Å². The van der Waals surface area contributed by atoms with Crippen molar-refractivity contribution in [3.05, 3.63) is 35.6 Å². The lowest BCUT2D eigenvalue weighted by Crippen LogP contribution is -2.47. The number of benzene rings is 1. The SMILES string of the molecule is CCN(CC)C(=O)[C@@H]1CCC(=O)N(C)[C@H]1c1cccc(F)c1. The average molecular weight is 306 g/mol. The Labute approximate surface area is 130 Å². The molecule has 1 fully saturated rings. The van der Waals surface area contributed by atoms with Gasteiger partial charge in [0.2, 0.25) is 11.8 Å². The van der Waals surface area contributed by atoms with Gasteiger partial charge in [-0.1, -0.05) is 12.1 Å². The quantitative estimate of drug-likeness (QED) is 0.858. The van der Waals surface area contributed by atoms with Crippen LogP contribution in [0.5, 0.6) is 0 Å². The predicted molar refractivity (Wildman–Crippen MR) is 82.6 cm³/mol. The van der Waals surface area contributed by atoms with Gasteiger partial charge in [-0.15, -0.1) is 0 Å². The smallest absolute Gasteiger partial charge is 0.228 e. The van der Waals surface area contributed by atoms with E-state index in [1.807, 2.05) is 13.8 Å². The molecule has 0 N–H and O–H groups in total. The summed E-state index contributed by atoms with van der Waals surface area (Å²) >= 11 is 0. The minimum Gasteiger partial charge on any atom is -0.343 e. The van der Waals surface area contributed by atoms with Gasteiger partial charge in [-0.25, -0.2) is 4.39 Å². The molecule has 22 heavy (non-hydrogen) atoms. The van der Waals surface area contributed by atoms with E-state index in [9.17, 15) is 14.0 Å². The van der Waals surface area contributed by atoms with Crippen LogP contribution in [0.25, 0.3) is 0 Å². The Morgan fingerprint density at radius 2 is 2.05 bits per heavy atom. The molecule has 1 heterocycles. The van der Waals surface area contributed by atoms with E-state index in [1.54, 1.807) is 29.0 Å². The lowest BCUT2D eigenvalue weighted by Gasteiger charge is -2.40. The standard InChI is InChI=1S/C17H23FN2O2/c1-4-20(5-2)17(22)14-9-10-15(21)19(3)16(14)12-7-6-8-13(18)11-12/h6-8,11,14,16H,4-5,9-10H2,1-3H3/t14-,16+/m1/s1. The molecular formula is C17H23FN2O2. The molecule has 4 nitrogen and oxygen atoms in total. The molecule has 1 aromatic carbocycles. The lowest BCUT2D eigenvalue weighted by molar-refractivity contribution is -0.146. The van der Waals surface area contributed by atoms with Gasteiger partial charge in [0.1, 0.15) is 5.82 Å². The van der Waals surface area contributed by atoms with Crippen LogP contribution in [0.4, 0.5) is 4.39 Å².